The lowest BCUT2D eigenvalue weighted by Crippen LogP contribution is -2.26. The van der Waals surface area contributed by atoms with Crippen LogP contribution in [0.2, 0.25) is 0 Å². The van der Waals surface area contributed by atoms with E-state index in [1.165, 1.54) is 0 Å². The van der Waals surface area contributed by atoms with Crippen molar-refractivity contribution in [3.8, 4) is 12.3 Å². The van der Waals surface area contributed by atoms with E-state index in [4.69, 9.17) is 6.42 Å². The number of aryl methyl sites for hydroxylation is 1. The van der Waals surface area contributed by atoms with E-state index in [9.17, 15) is 0 Å². The Balaban J connectivity index is 2.36. The second kappa shape index (κ2) is 4.63. The molecule has 4 heteroatoms. The number of hydrogen-bond donors (Lipinski definition) is 1. The molecule has 0 bridgehead atoms. The molecule has 13 heavy (non-hydrogen) atoms. The summed E-state index contributed by atoms with van der Waals surface area (Å²) in [4.78, 5) is 4.09. The molecule has 1 unspecified atom stereocenters. The summed E-state index contributed by atoms with van der Waals surface area (Å²) in [5, 5.41) is 7.23. The van der Waals surface area contributed by atoms with Crippen molar-refractivity contribution in [3.05, 3.63) is 12.2 Å². The Labute approximate surface area is 78.4 Å². The van der Waals surface area contributed by atoms with Crippen LogP contribution >= 0.6 is 0 Å². The molecule has 1 aromatic rings. The molecule has 1 N–H and O–H groups in total. The van der Waals surface area contributed by atoms with Crippen molar-refractivity contribution in [1.82, 2.24) is 20.1 Å². The maximum absolute atomic E-state index is 5.19. The third-order valence-corrected chi connectivity index (χ3v) is 1.84. The molecule has 0 spiro atoms. The van der Waals surface area contributed by atoms with Gasteiger partial charge in [0.1, 0.15) is 12.2 Å². The first kappa shape index (κ1) is 9.75. The van der Waals surface area contributed by atoms with Crippen molar-refractivity contribution in [2.24, 2.45) is 7.05 Å². The van der Waals surface area contributed by atoms with Gasteiger partial charge in [0, 0.05) is 19.5 Å². The van der Waals surface area contributed by atoms with Crippen molar-refractivity contribution >= 4 is 0 Å². The minimum absolute atomic E-state index is 0.321. The predicted octanol–water partition coefficient (Wildman–Crippen LogP) is 0.316. The fourth-order valence-corrected chi connectivity index (χ4v) is 0.995. The van der Waals surface area contributed by atoms with Gasteiger partial charge in [0.2, 0.25) is 0 Å². The van der Waals surface area contributed by atoms with Crippen LogP contribution in [0.5, 0.6) is 0 Å². The SMILES string of the molecule is C#CCC(C)NCc1ncnn1C. The molecule has 0 aliphatic heterocycles. The minimum Gasteiger partial charge on any atom is -0.306 e. The molecule has 0 amide bonds. The van der Waals surface area contributed by atoms with Gasteiger partial charge in [0.05, 0.1) is 6.54 Å². The van der Waals surface area contributed by atoms with Crippen LogP contribution in [-0.2, 0) is 13.6 Å². The van der Waals surface area contributed by atoms with Crippen LogP contribution in [-0.4, -0.2) is 20.8 Å². The molecule has 70 valence electrons. The molecule has 1 rings (SSSR count). The molecule has 1 aromatic heterocycles. The first-order valence-corrected chi connectivity index (χ1v) is 4.23. The Bertz CT molecular complexity index is 297. The van der Waals surface area contributed by atoms with Gasteiger partial charge in [-0.2, -0.15) is 5.10 Å². The molecule has 0 aliphatic rings. The Morgan fingerprint density at radius 1 is 1.77 bits per heavy atom. The first-order chi connectivity index (χ1) is 6.24. The van der Waals surface area contributed by atoms with Gasteiger partial charge in [0.15, 0.2) is 0 Å². The summed E-state index contributed by atoms with van der Waals surface area (Å²) >= 11 is 0. The van der Waals surface area contributed by atoms with Gasteiger partial charge in [-0.3, -0.25) is 4.68 Å². The van der Waals surface area contributed by atoms with E-state index < -0.39 is 0 Å². The van der Waals surface area contributed by atoms with Crippen LogP contribution in [0.4, 0.5) is 0 Å². The van der Waals surface area contributed by atoms with Crippen molar-refractivity contribution in [3.63, 3.8) is 0 Å². The highest BCUT2D eigenvalue weighted by atomic mass is 15.3. The van der Waals surface area contributed by atoms with Crippen LogP contribution in [0.3, 0.4) is 0 Å². The average molecular weight is 178 g/mol. The molecular weight excluding hydrogens is 164 g/mol. The lowest BCUT2D eigenvalue weighted by Gasteiger charge is -2.09. The monoisotopic (exact) mass is 178 g/mol. The summed E-state index contributed by atoms with van der Waals surface area (Å²) < 4.78 is 1.75. The molecule has 0 fully saturated rings. The molecule has 1 heterocycles. The summed E-state index contributed by atoms with van der Waals surface area (Å²) in [5.74, 6) is 3.53. The van der Waals surface area contributed by atoms with Crippen molar-refractivity contribution in [2.75, 3.05) is 0 Å². The predicted molar refractivity (Wildman–Crippen MR) is 50.8 cm³/mol. The number of nitrogens with zero attached hydrogens (tertiary/aromatic N) is 3. The van der Waals surface area contributed by atoms with E-state index in [-0.39, 0.29) is 0 Å². The van der Waals surface area contributed by atoms with E-state index in [1.807, 2.05) is 7.05 Å². The Morgan fingerprint density at radius 2 is 2.54 bits per heavy atom. The van der Waals surface area contributed by atoms with Crippen LogP contribution in [0.1, 0.15) is 19.2 Å². The number of nitrogens with one attached hydrogen (secondary N) is 1. The van der Waals surface area contributed by atoms with E-state index >= 15 is 0 Å². The van der Waals surface area contributed by atoms with Crippen LogP contribution in [0.25, 0.3) is 0 Å². The molecule has 1 atom stereocenters. The minimum atomic E-state index is 0.321. The fraction of sp³-hybridized carbons (Fsp3) is 0.556. The van der Waals surface area contributed by atoms with Crippen LogP contribution in [0.15, 0.2) is 6.33 Å². The number of aromatic nitrogens is 3. The van der Waals surface area contributed by atoms with Gasteiger partial charge in [-0.1, -0.05) is 0 Å². The summed E-state index contributed by atoms with van der Waals surface area (Å²) in [5.41, 5.74) is 0. The third-order valence-electron chi connectivity index (χ3n) is 1.84. The highest BCUT2D eigenvalue weighted by molar-refractivity contribution is 4.89. The van der Waals surface area contributed by atoms with Gasteiger partial charge in [-0.05, 0) is 6.92 Å². The average Bonchev–Trinajstić information content (AvgIpc) is 2.48. The summed E-state index contributed by atoms with van der Waals surface area (Å²) in [7, 11) is 1.87. The van der Waals surface area contributed by atoms with E-state index in [2.05, 4.69) is 28.2 Å². The molecule has 0 aromatic carbocycles. The lowest BCUT2D eigenvalue weighted by atomic mass is 10.2. The topological polar surface area (TPSA) is 42.7 Å². The molecule has 0 saturated carbocycles. The largest absolute Gasteiger partial charge is 0.306 e. The first-order valence-electron chi connectivity index (χ1n) is 4.23. The zero-order valence-corrected chi connectivity index (χ0v) is 7.99. The molecule has 0 aliphatic carbocycles. The number of terminal acetylenes is 1. The van der Waals surface area contributed by atoms with Crippen LogP contribution < -0.4 is 5.32 Å². The molecule has 0 radical (unpaired) electrons. The smallest absolute Gasteiger partial charge is 0.140 e. The highest BCUT2D eigenvalue weighted by Gasteiger charge is 2.02. The lowest BCUT2D eigenvalue weighted by molar-refractivity contribution is 0.530. The van der Waals surface area contributed by atoms with Crippen molar-refractivity contribution < 1.29 is 0 Å². The zero-order valence-electron chi connectivity index (χ0n) is 7.99. The third kappa shape index (κ3) is 2.88. The number of rotatable bonds is 4. The van der Waals surface area contributed by atoms with E-state index in [0.29, 0.717) is 12.6 Å². The normalized spacial score (nSPS) is 12.4. The number of hydrogen-bond acceptors (Lipinski definition) is 3. The molecule has 4 nitrogen and oxygen atoms in total. The van der Waals surface area contributed by atoms with Gasteiger partial charge >= 0.3 is 0 Å². The summed E-state index contributed by atoms with van der Waals surface area (Å²) in [6.45, 7) is 2.76. The van der Waals surface area contributed by atoms with Crippen molar-refractivity contribution in [2.45, 2.75) is 25.9 Å². The Kier molecular flexibility index (Phi) is 3.47. The summed E-state index contributed by atoms with van der Waals surface area (Å²) in [6, 6.07) is 0.321. The Morgan fingerprint density at radius 3 is 3.08 bits per heavy atom. The van der Waals surface area contributed by atoms with E-state index in [1.54, 1.807) is 11.0 Å². The second-order valence-electron chi connectivity index (χ2n) is 2.99. The maximum Gasteiger partial charge on any atom is 0.140 e. The fourth-order valence-electron chi connectivity index (χ4n) is 0.995. The quantitative estimate of drug-likeness (QED) is 0.675. The van der Waals surface area contributed by atoms with Crippen LogP contribution in [0, 0.1) is 12.3 Å². The standard InChI is InChI=1S/C9H14N4/c1-4-5-8(2)10-6-9-11-7-12-13(9)3/h1,7-8,10H,5-6H2,2-3H3. The maximum atomic E-state index is 5.19. The molecule has 0 saturated heterocycles. The van der Waals surface area contributed by atoms with Crippen molar-refractivity contribution in [1.29, 1.82) is 0 Å². The van der Waals surface area contributed by atoms with Gasteiger partial charge < -0.3 is 5.32 Å². The summed E-state index contributed by atoms with van der Waals surface area (Å²) in [6.07, 6.45) is 7.46. The van der Waals surface area contributed by atoms with Gasteiger partial charge in [-0.25, -0.2) is 4.98 Å². The van der Waals surface area contributed by atoms with Gasteiger partial charge in [-0.15, -0.1) is 12.3 Å². The zero-order chi connectivity index (χ0) is 9.68. The van der Waals surface area contributed by atoms with E-state index in [0.717, 1.165) is 12.2 Å². The molecular formula is C9H14N4. The second-order valence-corrected chi connectivity index (χ2v) is 2.99. The van der Waals surface area contributed by atoms with Gasteiger partial charge in [0.25, 0.3) is 0 Å². The Hall–Kier alpha value is -1.34. The highest BCUT2D eigenvalue weighted by Crippen LogP contribution is 1.93.